The van der Waals surface area contributed by atoms with E-state index in [-0.39, 0.29) is 24.6 Å². The van der Waals surface area contributed by atoms with Crippen LogP contribution >= 0.6 is 0 Å². The first-order valence-electron chi connectivity index (χ1n) is 13.7. The zero-order chi connectivity index (χ0) is 28.4. The monoisotopic (exact) mass is 559 g/mol. The van der Waals surface area contributed by atoms with Crippen molar-refractivity contribution in [2.75, 3.05) is 92.9 Å². The van der Waals surface area contributed by atoms with E-state index in [1.54, 1.807) is 7.05 Å². The summed E-state index contributed by atoms with van der Waals surface area (Å²) in [5.41, 5.74) is 4.79. The maximum absolute atomic E-state index is 12.5. The largest absolute Gasteiger partial charge is 0.463 e. The van der Waals surface area contributed by atoms with Gasteiger partial charge in [-0.1, -0.05) is 48.5 Å². The van der Waals surface area contributed by atoms with E-state index in [0.717, 1.165) is 0 Å². The third kappa shape index (κ3) is 10.9. The molecule has 10 nitrogen and oxygen atoms in total. The summed E-state index contributed by atoms with van der Waals surface area (Å²) >= 11 is 0. The molecule has 0 N–H and O–H groups in total. The minimum absolute atomic E-state index is 0.0418. The molecule has 220 valence electrons. The number of hydrogen-bond acceptors (Lipinski definition) is 9. The first kappa shape index (κ1) is 31.5. The lowest BCUT2D eigenvalue weighted by Gasteiger charge is -2.19. The van der Waals surface area contributed by atoms with Crippen LogP contribution in [0.25, 0.3) is 11.1 Å². The molecule has 0 bridgehead atoms. The number of benzene rings is 2. The van der Waals surface area contributed by atoms with Crippen LogP contribution in [0.3, 0.4) is 0 Å². The molecule has 0 saturated heterocycles. The molecule has 2 aromatic carbocycles. The highest BCUT2D eigenvalue weighted by molar-refractivity contribution is 5.79. The van der Waals surface area contributed by atoms with Gasteiger partial charge in [0, 0.05) is 26.4 Å². The fourth-order valence-electron chi connectivity index (χ4n) is 4.22. The number of likely N-dealkylation sites (N-methyl/N-ethyl adjacent to an activating group) is 1. The van der Waals surface area contributed by atoms with E-state index in [1.807, 2.05) is 24.3 Å². The molecule has 1 aliphatic carbocycles. The van der Waals surface area contributed by atoms with Crippen LogP contribution in [0.15, 0.2) is 48.5 Å². The van der Waals surface area contributed by atoms with Gasteiger partial charge in [0.15, 0.2) is 0 Å². The van der Waals surface area contributed by atoms with Gasteiger partial charge in [-0.15, -0.1) is 0 Å². The summed E-state index contributed by atoms with van der Waals surface area (Å²) in [6.07, 6.45) is -0.366. The highest BCUT2D eigenvalue weighted by atomic mass is 16.6. The van der Waals surface area contributed by atoms with Crippen LogP contribution in [-0.2, 0) is 38.0 Å². The number of esters is 1. The van der Waals surface area contributed by atoms with Crippen molar-refractivity contribution >= 4 is 12.1 Å². The molecule has 0 radical (unpaired) electrons. The van der Waals surface area contributed by atoms with Gasteiger partial charge >= 0.3 is 12.1 Å². The maximum atomic E-state index is 12.5. The van der Waals surface area contributed by atoms with Gasteiger partial charge in [0.2, 0.25) is 0 Å². The highest BCUT2D eigenvalue weighted by Gasteiger charge is 2.29. The first-order valence-corrected chi connectivity index (χ1v) is 13.7. The smallest absolute Gasteiger partial charge is 0.409 e. The van der Waals surface area contributed by atoms with Crippen molar-refractivity contribution < 1.29 is 42.7 Å². The van der Waals surface area contributed by atoms with Crippen molar-refractivity contribution in [3.05, 3.63) is 59.7 Å². The van der Waals surface area contributed by atoms with Crippen molar-refractivity contribution in [2.45, 2.75) is 12.8 Å². The van der Waals surface area contributed by atoms with Gasteiger partial charge in [-0.05, 0) is 22.3 Å². The van der Waals surface area contributed by atoms with Gasteiger partial charge in [-0.25, -0.2) is 4.79 Å². The van der Waals surface area contributed by atoms with Crippen LogP contribution < -0.4 is 0 Å². The third-order valence-electron chi connectivity index (χ3n) is 6.24. The Morgan fingerprint density at radius 1 is 0.625 bits per heavy atom. The lowest BCUT2D eigenvalue weighted by Crippen LogP contribution is -2.32. The zero-order valence-electron chi connectivity index (χ0n) is 23.5. The molecule has 0 fully saturated rings. The van der Waals surface area contributed by atoms with E-state index in [1.165, 1.54) is 34.1 Å². The molecule has 0 aromatic heterocycles. The minimum atomic E-state index is -0.366. The molecule has 1 aliphatic rings. The van der Waals surface area contributed by atoms with Crippen LogP contribution in [0, 0.1) is 0 Å². The third-order valence-corrected chi connectivity index (χ3v) is 6.24. The minimum Gasteiger partial charge on any atom is -0.463 e. The van der Waals surface area contributed by atoms with Crippen molar-refractivity contribution in [1.82, 2.24) is 4.90 Å². The molecule has 0 spiro atoms. The Kier molecular flexibility index (Phi) is 14.5. The number of fused-ring (bicyclic) bond motifs is 3. The summed E-state index contributed by atoms with van der Waals surface area (Å²) in [5, 5.41) is 0. The maximum Gasteiger partial charge on any atom is 0.409 e. The average Bonchev–Trinajstić information content (AvgIpc) is 3.28. The second kappa shape index (κ2) is 18.4. The second-order valence-electron chi connectivity index (χ2n) is 9.13. The normalized spacial score (nSPS) is 12.2. The van der Waals surface area contributed by atoms with E-state index < -0.39 is 0 Å². The zero-order valence-corrected chi connectivity index (χ0v) is 23.5. The van der Waals surface area contributed by atoms with E-state index in [4.69, 9.17) is 33.2 Å². The van der Waals surface area contributed by atoms with Gasteiger partial charge in [-0.3, -0.25) is 4.79 Å². The van der Waals surface area contributed by atoms with Crippen LogP contribution in [0.1, 0.15) is 24.0 Å². The molecule has 1 amide bonds. The van der Waals surface area contributed by atoms with Gasteiger partial charge in [0.1, 0.15) is 13.2 Å². The summed E-state index contributed by atoms with van der Waals surface area (Å²) in [6, 6.07) is 16.5. The van der Waals surface area contributed by atoms with E-state index >= 15 is 0 Å². The summed E-state index contributed by atoms with van der Waals surface area (Å²) in [6.45, 7) is 6.71. The predicted octanol–water partition coefficient (Wildman–Crippen LogP) is 3.51. The summed E-state index contributed by atoms with van der Waals surface area (Å²) in [5.74, 6) is -0.273. The fraction of sp³-hybridized carbons (Fsp3) is 0.533. The fourth-order valence-corrected chi connectivity index (χ4v) is 4.22. The molecular formula is C30H41NO9. The number of carbonyl (C=O) groups is 2. The Bertz CT molecular complexity index is 986. The van der Waals surface area contributed by atoms with Crippen LogP contribution in [-0.4, -0.2) is 110 Å². The van der Waals surface area contributed by atoms with E-state index in [9.17, 15) is 9.59 Å². The van der Waals surface area contributed by atoms with Crippen molar-refractivity contribution in [1.29, 1.82) is 0 Å². The highest BCUT2D eigenvalue weighted by Crippen LogP contribution is 2.44. The number of rotatable bonds is 20. The quantitative estimate of drug-likeness (QED) is 0.178. The molecule has 2 aromatic rings. The average molecular weight is 560 g/mol. The van der Waals surface area contributed by atoms with Crippen LogP contribution in [0.2, 0.25) is 0 Å². The van der Waals surface area contributed by atoms with E-state index in [0.29, 0.717) is 79.2 Å². The Morgan fingerprint density at radius 2 is 1.05 bits per heavy atom. The van der Waals surface area contributed by atoms with Crippen LogP contribution in [0.5, 0.6) is 0 Å². The lowest BCUT2D eigenvalue weighted by atomic mass is 9.98. The Labute approximate surface area is 236 Å². The number of nitrogens with zero attached hydrogens (tertiary/aromatic N) is 1. The number of carbonyl (C=O) groups excluding carboxylic acids is 2. The van der Waals surface area contributed by atoms with E-state index in [2.05, 4.69) is 24.3 Å². The molecule has 0 atom stereocenters. The van der Waals surface area contributed by atoms with Crippen LogP contribution in [0.4, 0.5) is 4.79 Å². The molecule has 3 rings (SSSR count). The summed E-state index contributed by atoms with van der Waals surface area (Å²) < 4.78 is 37.6. The Hall–Kier alpha value is -3.02. The first-order chi connectivity index (χ1) is 19.6. The second-order valence-corrected chi connectivity index (χ2v) is 9.13. The van der Waals surface area contributed by atoms with Gasteiger partial charge in [-0.2, -0.15) is 0 Å². The molecular weight excluding hydrogens is 518 g/mol. The molecule has 10 heteroatoms. The standard InChI is InChI=1S/C30H41NO9/c1-24(32)39-22-21-38-20-19-37-18-17-36-16-15-35-14-13-34-12-11-31(2)30(33)40-23-29-27-9-5-3-7-25(27)26-8-4-6-10-28(26)29/h3-10,29H,11-23H2,1-2H3. The van der Waals surface area contributed by atoms with Crippen molar-refractivity contribution in [3.63, 3.8) is 0 Å². The van der Waals surface area contributed by atoms with Gasteiger partial charge in [0.05, 0.1) is 66.1 Å². The Balaban J connectivity index is 1.13. The molecule has 0 aliphatic heterocycles. The van der Waals surface area contributed by atoms with Crippen molar-refractivity contribution in [2.24, 2.45) is 0 Å². The van der Waals surface area contributed by atoms with Crippen molar-refractivity contribution in [3.8, 4) is 11.1 Å². The van der Waals surface area contributed by atoms with Gasteiger partial charge < -0.3 is 38.1 Å². The predicted molar refractivity (Wildman–Crippen MR) is 148 cm³/mol. The molecule has 0 saturated carbocycles. The topological polar surface area (TPSA) is 102 Å². The molecule has 0 heterocycles. The lowest BCUT2D eigenvalue weighted by molar-refractivity contribution is -0.142. The number of amides is 1. The number of hydrogen-bond donors (Lipinski definition) is 0. The molecule has 40 heavy (non-hydrogen) atoms. The molecule has 0 unspecified atom stereocenters. The Morgan fingerprint density at radius 3 is 1.52 bits per heavy atom. The van der Waals surface area contributed by atoms with Gasteiger partial charge in [0.25, 0.3) is 0 Å². The SMILES string of the molecule is CC(=O)OCCOCCOCCOCCOCCOCCN(C)C(=O)OCC1c2ccccc2-c2ccccc21. The number of ether oxygens (including phenoxy) is 7. The summed E-state index contributed by atoms with van der Waals surface area (Å²) in [7, 11) is 1.71. The summed E-state index contributed by atoms with van der Waals surface area (Å²) in [4.78, 5) is 24.7.